The predicted octanol–water partition coefficient (Wildman–Crippen LogP) is 5.30. The zero-order chi connectivity index (χ0) is 18.2. The van der Waals surface area contributed by atoms with Crippen LogP contribution in [-0.2, 0) is 0 Å². The molecule has 3 nitrogen and oxygen atoms in total. The summed E-state index contributed by atoms with van der Waals surface area (Å²) in [7, 11) is 1.53. The molecule has 1 aliphatic rings. The number of benzene rings is 1. The third-order valence-electron chi connectivity index (χ3n) is 3.59. The van der Waals surface area contributed by atoms with Crippen molar-refractivity contribution < 1.29 is 22.6 Å². The van der Waals surface area contributed by atoms with Gasteiger partial charge < -0.3 is 9.47 Å². The van der Waals surface area contributed by atoms with Crippen LogP contribution in [0.4, 0.5) is 13.2 Å². The Kier molecular flexibility index (Phi) is 4.45. The minimum atomic E-state index is -4.35. The van der Waals surface area contributed by atoms with E-state index in [0.29, 0.717) is 28.3 Å². The topological polar surface area (TPSA) is 31.4 Å². The molecular formula is C18H16F3NO2S. The number of pyridine rings is 1. The first-order chi connectivity index (χ1) is 11.7. The van der Waals surface area contributed by atoms with Crippen LogP contribution < -0.4 is 9.47 Å². The molecule has 0 atom stereocenters. The van der Waals surface area contributed by atoms with Gasteiger partial charge in [0, 0.05) is 22.2 Å². The molecule has 0 aliphatic carbocycles. The van der Waals surface area contributed by atoms with E-state index in [1.54, 1.807) is 24.4 Å². The van der Waals surface area contributed by atoms with Crippen LogP contribution in [0.2, 0.25) is 0 Å². The molecule has 0 N–H and O–H groups in total. The lowest BCUT2D eigenvalue weighted by Gasteiger charge is -2.31. The molecule has 1 aromatic carbocycles. The lowest BCUT2D eigenvalue weighted by molar-refractivity contribution is -0.0328. The maximum atomic E-state index is 12.7. The van der Waals surface area contributed by atoms with Crippen LogP contribution in [0.25, 0.3) is 5.57 Å². The van der Waals surface area contributed by atoms with Crippen molar-refractivity contribution in [1.82, 2.24) is 4.98 Å². The van der Waals surface area contributed by atoms with Gasteiger partial charge >= 0.3 is 5.51 Å². The molecule has 132 valence electrons. The van der Waals surface area contributed by atoms with Crippen LogP contribution in [0.5, 0.6) is 11.5 Å². The fourth-order valence-corrected chi connectivity index (χ4v) is 3.28. The summed E-state index contributed by atoms with van der Waals surface area (Å²) in [5.41, 5.74) is -3.16. The Morgan fingerprint density at radius 1 is 1.20 bits per heavy atom. The van der Waals surface area contributed by atoms with Gasteiger partial charge in [0.1, 0.15) is 22.8 Å². The largest absolute Gasteiger partial charge is 0.494 e. The minimum Gasteiger partial charge on any atom is -0.494 e. The van der Waals surface area contributed by atoms with Gasteiger partial charge in [-0.3, -0.25) is 4.98 Å². The zero-order valence-electron chi connectivity index (χ0n) is 13.8. The van der Waals surface area contributed by atoms with E-state index < -0.39 is 11.1 Å². The average molecular weight is 367 g/mol. The first-order valence-corrected chi connectivity index (χ1v) is 8.31. The summed E-state index contributed by atoms with van der Waals surface area (Å²) in [6.07, 6.45) is 3.47. The third kappa shape index (κ3) is 3.92. The van der Waals surface area contributed by atoms with Gasteiger partial charge in [-0.05, 0) is 62.0 Å². The molecule has 25 heavy (non-hydrogen) atoms. The monoisotopic (exact) mass is 367 g/mol. The number of nitrogens with zero attached hydrogens (tertiary/aromatic N) is 1. The van der Waals surface area contributed by atoms with Crippen molar-refractivity contribution in [3.8, 4) is 11.5 Å². The summed E-state index contributed by atoms with van der Waals surface area (Å²) in [5, 5.41) is 0. The summed E-state index contributed by atoms with van der Waals surface area (Å²) in [6.45, 7) is 3.76. The first kappa shape index (κ1) is 17.7. The number of methoxy groups -OCH3 is 1. The molecule has 7 heteroatoms. The van der Waals surface area contributed by atoms with Gasteiger partial charge in [-0.25, -0.2) is 0 Å². The number of thioether (sulfide) groups is 1. The van der Waals surface area contributed by atoms with Crippen molar-refractivity contribution in [2.75, 3.05) is 7.11 Å². The SMILES string of the molecule is COc1cccnc1C1=CC(C)(C)Oc2ccc(SC(F)(F)F)cc21. The van der Waals surface area contributed by atoms with Crippen molar-refractivity contribution in [3.63, 3.8) is 0 Å². The Morgan fingerprint density at radius 2 is 1.96 bits per heavy atom. The normalized spacial score (nSPS) is 15.8. The number of hydrogen-bond acceptors (Lipinski definition) is 4. The minimum absolute atomic E-state index is 0.0929. The van der Waals surface area contributed by atoms with Gasteiger partial charge in [0.15, 0.2) is 0 Å². The van der Waals surface area contributed by atoms with Crippen LogP contribution in [0.3, 0.4) is 0 Å². The number of alkyl halides is 3. The molecule has 0 unspecified atom stereocenters. The van der Waals surface area contributed by atoms with Crippen molar-refractivity contribution >= 4 is 17.3 Å². The zero-order valence-corrected chi connectivity index (χ0v) is 14.7. The molecule has 0 fully saturated rings. The highest BCUT2D eigenvalue weighted by Crippen LogP contribution is 2.45. The Balaban J connectivity index is 2.15. The van der Waals surface area contributed by atoms with Crippen molar-refractivity contribution in [3.05, 3.63) is 53.9 Å². The Bertz CT molecular complexity index is 831. The molecule has 0 radical (unpaired) electrons. The fourth-order valence-electron chi connectivity index (χ4n) is 2.70. The van der Waals surface area contributed by atoms with E-state index in [0.717, 1.165) is 0 Å². The molecule has 0 saturated carbocycles. The van der Waals surface area contributed by atoms with E-state index in [9.17, 15) is 13.2 Å². The molecule has 2 aromatic rings. The summed E-state index contributed by atoms with van der Waals surface area (Å²) in [5.74, 6) is 1.06. The van der Waals surface area contributed by atoms with E-state index in [1.165, 1.54) is 19.2 Å². The molecule has 2 heterocycles. The van der Waals surface area contributed by atoms with Gasteiger partial charge in [0.05, 0.1) is 7.11 Å². The van der Waals surface area contributed by atoms with E-state index in [4.69, 9.17) is 9.47 Å². The second kappa shape index (κ2) is 6.29. The standard InChI is InChI=1S/C18H16F3NO2S/c1-17(2)10-13(16-15(23-3)5-4-8-22-16)12-9-11(25-18(19,20)21)6-7-14(12)24-17/h4-10H,1-3H3. The summed E-state index contributed by atoms with van der Waals surface area (Å²) in [4.78, 5) is 4.46. The van der Waals surface area contributed by atoms with Crippen molar-refractivity contribution in [2.45, 2.75) is 29.9 Å². The fraction of sp³-hybridized carbons (Fsp3) is 0.278. The Hall–Kier alpha value is -2.15. The van der Waals surface area contributed by atoms with Crippen molar-refractivity contribution in [1.29, 1.82) is 0 Å². The Labute approximate surface area is 147 Å². The van der Waals surface area contributed by atoms with Crippen LogP contribution in [0.15, 0.2) is 47.5 Å². The van der Waals surface area contributed by atoms with E-state index in [-0.39, 0.29) is 16.7 Å². The highest BCUT2D eigenvalue weighted by Gasteiger charge is 2.32. The smallest absolute Gasteiger partial charge is 0.446 e. The molecular weight excluding hydrogens is 351 g/mol. The van der Waals surface area contributed by atoms with Gasteiger partial charge in [-0.15, -0.1) is 0 Å². The maximum Gasteiger partial charge on any atom is 0.446 e. The Morgan fingerprint density at radius 3 is 2.64 bits per heavy atom. The predicted molar refractivity (Wildman–Crippen MR) is 90.9 cm³/mol. The van der Waals surface area contributed by atoms with Crippen LogP contribution in [0.1, 0.15) is 25.1 Å². The first-order valence-electron chi connectivity index (χ1n) is 7.50. The molecule has 0 saturated heterocycles. The summed E-state index contributed by atoms with van der Waals surface area (Å²) >= 11 is -0.154. The number of ether oxygens (including phenoxy) is 2. The van der Waals surface area contributed by atoms with Gasteiger partial charge in [0.25, 0.3) is 0 Å². The summed E-state index contributed by atoms with van der Waals surface area (Å²) < 4.78 is 49.4. The highest BCUT2D eigenvalue weighted by molar-refractivity contribution is 8.00. The van der Waals surface area contributed by atoms with Crippen LogP contribution >= 0.6 is 11.8 Å². The second-order valence-electron chi connectivity index (χ2n) is 6.02. The van der Waals surface area contributed by atoms with Crippen molar-refractivity contribution in [2.24, 2.45) is 0 Å². The second-order valence-corrected chi connectivity index (χ2v) is 7.16. The average Bonchev–Trinajstić information content (AvgIpc) is 2.52. The lowest BCUT2D eigenvalue weighted by atomic mass is 9.92. The van der Waals surface area contributed by atoms with E-state index >= 15 is 0 Å². The van der Waals surface area contributed by atoms with E-state index in [2.05, 4.69) is 4.98 Å². The van der Waals surface area contributed by atoms with Crippen LogP contribution in [-0.4, -0.2) is 23.2 Å². The number of rotatable bonds is 3. The van der Waals surface area contributed by atoms with Gasteiger partial charge in [-0.2, -0.15) is 13.2 Å². The quantitative estimate of drug-likeness (QED) is 0.689. The number of aromatic nitrogens is 1. The third-order valence-corrected chi connectivity index (χ3v) is 4.31. The van der Waals surface area contributed by atoms with Crippen LogP contribution in [0, 0.1) is 0 Å². The molecule has 0 bridgehead atoms. The highest BCUT2D eigenvalue weighted by atomic mass is 32.2. The number of hydrogen-bond donors (Lipinski definition) is 0. The van der Waals surface area contributed by atoms with Gasteiger partial charge in [0.2, 0.25) is 0 Å². The number of fused-ring (bicyclic) bond motifs is 1. The number of halogens is 3. The molecule has 1 aromatic heterocycles. The summed E-state index contributed by atoms with van der Waals surface area (Å²) in [6, 6.07) is 7.95. The lowest BCUT2D eigenvalue weighted by Crippen LogP contribution is -2.29. The van der Waals surface area contributed by atoms with E-state index in [1.807, 2.05) is 19.9 Å². The molecule has 1 aliphatic heterocycles. The van der Waals surface area contributed by atoms with Gasteiger partial charge in [-0.1, -0.05) is 0 Å². The molecule has 3 rings (SSSR count). The maximum absolute atomic E-state index is 12.7. The molecule has 0 amide bonds. The molecule has 0 spiro atoms.